The second kappa shape index (κ2) is 12.4. The Morgan fingerprint density at radius 2 is 1.89 bits per heavy atom. The molecule has 8 heteroatoms. The fraction of sp³-hybridized carbons (Fsp3) is 0.750. The van der Waals surface area contributed by atoms with Gasteiger partial charge in [0, 0.05) is 44.1 Å². The first-order valence-corrected chi connectivity index (χ1v) is 11.4. The molecule has 3 heterocycles. The predicted octanol–water partition coefficient (Wildman–Crippen LogP) is 1.40. The van der Waals surface area contributed by atoms with Crippen LogP contribution in [0.15, 0.2) is 22.5 Å². The Kier molecular flexibility index (Phi) is 9.52. The van der Waals surface area contributed by atoms with Gasteiger partial charge in [0.1, 0.15) is 0 Å². The first-order chi connectivity index (χ1) is 13.9. The third-order valence-electron chi connectivity index (χ3n) is 5.17. The minimum absolute atomic E-state index is 0.327. The van der Waals surface area contributed by atoms with Gasteiger partial charge in [-0.15, -0.1) is 11.3 Å². The van der Waals surface area contributed by atoms with Crippen molar-refractivity contribution in [1.29, 1.82) is 0 Å². The largest absolute Gasteiger partial charge is 0.379 e. The molecule has 2 fully saturated rings. The number of guanidine groups is 1. The van der Waals surface area contributed by atoms with Crippen LogP contribution in [0.1, 0.15) is 24.3 Å². The molecule has 0 aliphatic carbocycles. The van der Waals surface area contributed by atoms with Crippen molar-refractivity contribution in [2.45, 2.75) is 19.4 Å². The highest BCUT2D eigenvalue weighted by Crippen LogP contribution is 2.26. The van der Waals surface area contributed by atoms with Crippen LogP contribution in [-0.2, 0) is 9.47 Å². The van der Waals surface area contributed by atoms with Crippen molar-refractivity contribution in [3.63, 3.8) is 0 Å². The van der Waals surface area contributed by atoms with E-state index in [0.29, 0.717) is 6.04 Å². The van der Waals surface area contributed by atoms with Crippen molar-refractivity contribution < 1.29 is 9.47 Å². The van der Waals surface area contributed by atoms with E-state index in [9.17, 15) is 0 Å². The molecule has 0 bridgehead atoms. The van der Waals surface area contributed by atoms with Gasteiger partial charge in [0.2, 0.25) is 0 Å². The van der Waals surface area contributed by atoms with Crippen LogP contribution in [0.2, 0.25) is 0 Å². The van der Waals surface area contributed by atoms with Crippen LogP contribution in [0, 0.1) is 0 Å². The summed E-state index contributed by atoms with van der Waals surface area (Å²) in [6, 6.07) is 4.68. The van der Waals surface area contributed by atoms with E-state index in [0.717, 1.165) is 91.2 Å². The Morgan fingerprint density at radius 3 is 2.57 bits per heavy atom. The monoisotopic (exact) mass is 409 g/mol. The van der Waals surface area contributed by atoms with Gasteiger partial charge < -0.3 is 20.1 Å². The Balaban J connectivity index is 1.50. The Morgan fingerprint density at radius 1 is 1.14 bits per heavy atom. The predicted molar refractivity (Wildman–Crippen MR) is 115 cm³/mol. The first-order valence-electron chi connectivity index (χ1n) is 10.5. The van der Waals surface area contributed by atoms with Gasteiger partial charge in [-0.25, -0.2) is 0 Å². The van der Waals surface area contributed by atoms with Gasteiger partial charge in [0.25, 0.3) is 0 Å². The number of morpholine rings is 2. The van der Waals surface area contributed by atoms with Crippen molar-refractivity contribution in [3.8, 4) is 0 Å². The molecule has 1 aromatic rings. The van der Waals surface area contributed by atoms with Crippen LogP contribution in [0.25, 0.3) is 0 Å². The molecule has 158 valence electrons. The molecule has 2 aliphatic rings. The van der Waals surface area contributed by atoms with E-state index < -0.39 is 0 Å². The van der Waals surface area contributed by atoms with Gasteiger partial charge in [-0.05, 0) is 31.3 Å². The minimum atomic E-state index is 0.327. The number of aliphatic imine (C=N–C) groups is 1. The van der Waals surface area contributed by atoms with Crippen molar-refractivity contribution in [3.05, 3.63) is 22.4 Å². The van der Waals surface area contributed by atoms with E-state index in [2.05, 4.69) is 44.9 Å². The lowest BCUT2D eigenvalue weighted by molar-refractivity contribution is 0.0186. The maximum Gasteiger partial charge on any atom is 0.191 e. The second-order valence-corrected chi connectivity index (χ2v) is 8.11. The minimum Gasteiger partial charge on any atom is -0.379 e. The molecule has 7 nitrogen and oxygen atoms in total. The third-order valence-corrected chi connectivity index (χ3v) is 6.15. The van der Waals surface area contributed by atoms with E-state index in [-0.39, 0.29) is 0 Å². The molecule has 0 aromatic carbocycles. The summed E-state index contributed by atoms with van der Waals surface area (Å²) in [6.07, 6.45) is 1.11. The normalized spacial score (nSPS) is 20.8. The van der Waals surface area contributed by atoms with Crippen molar-refractivity contribution in [2.24, 2.45) is 4.99 Å². The Hall–Kier alpha value is -1.19. The molecule has 1 aromatic heterocycles. The van der Waals surface area contributed by atoms with Gasteiger partial charge in [0.05, 0.1) is 39.0 Å². The van der Waals surface area contributed by atoms with E-state index in [1.54, 1.807) is 0 Å². The number of thiophene rings is 1. The van der Waals surface area contributed by atoms with Gasteiger partial charge >= 0.3 is 0 Å². The topological polar surface area (TPSA) is 61.4 Å². The summed E-state index contributed by atoms with van der Waals surface area (Å²) in [7, 11) is 0. The number of nitrogens with one attached hydrogen (secondary N) is 2. The highest BCUT2D eigenvalue weighted by atomic mass is 32.1. The highest BCUT2D eigenvalue weighted by molar-refractivity contribution is 7.10. The zero-order chi connectivity index (χ0) is 19.4. The maximum absolute atomic E-state index is 5.54. The first kappa shape index (κ1) is 21.5. The summed E-state index contributed by atoms with van der Waals surface area (Å²) >= 11 is 1.82. The molecule has 2 saturated heterocycles. The molecule has 28 heavy (non-hydrogen) atoms. The molecular formula is C20H35N5O2S. The summed E-state index contributed by atoms with van der Waals surface area (Å²) in [5.74, 6) is 0.916. The van der Waals surface area contributed by atoms with Crippen molar-refractivity contribution >= 4 is 17.3 Å². The van der Waals surface area contributed by atoms with E-state index in [4.69, 9.17) is 14.5 Å². The van der Waals surface area contributed by atoms with Crippen LogP contribution in [0.4, 0.5) is 0 Å². The number of rotatable bonds is 9. The average Bonchev–Trinajstić information content (AvgIpc) is 3.27. The van der Waals surface area contributed by atoms with Gasteiger partial charge in [-0.1, -0.05) is 6.07 Å². The van der Waals surface area contributed by atoms with Gasteiger partial charge in [0.15, 0.2) is 5.96 Å². The van der Waals surface area contributed by atoms with Crippen LogP contribution < -0.4 is 10.6 Å². The molecule has 0 amide bonds. The fourth-order valence-corrected chi connectivity index (χ4v) is 4.46. The molecule has 0 radical (unpaired) electrons. The highest BCUT2D eigenvalue weighted by Gasteiger charge is 2.23. The number of nitrogens with zero attached hydrogens (tertiary/aromatic N) is 3. The van der Waals surface area contributed by atoms with Crippen LogP contribution in [0.3, 0.4) is 0 Å². The van der Waals surface area contributed by atoms with E-state index >= 15 is 0 Å². The quantitative estimate of drug-likeness (QED) is 0.365. The van der Waals surface area contributed by atoms with Crippen LogP contribution in [0.5, 0.6) is 0 Å². The fourth-order valence-electron chi connectivity index (χ4n) is 3.61. The summed E-state index contributed by atoms with van der Waals surface area (Å²) < 4.78 is 11.0. The Bertz CT molecular complexity index is 557. The molecule has 2 N–H and O–H groups in total. The summed E-state index contributed by atoms with van der Waals surface area (Å²) in [5.41, 5.74) is 0. The summed E-state index contributed by atoms with van der Waals surface area (Å²) in [5, 5.41) is 9.05. The third kappa shape index (κ3) is 7.00. The molecule has 1 atom stereocenters. The van der Waals surface area contributed by atoms with Gasteiger partial charge in [-0.3, -0.25) is 14.8 Å². The number of hydrogen-bond acceptors (Lipinski definition) is 6. The van der Waals surface area contributed by atoms with E-state index in [1.165, 1.54) is 4.88 Å². The maximum atomic E-state index is 5.54. The van der Waals surface area contributed by atoms with E-state index in [1.807, 2.05) is 11.3 Å². The second-order valence-electron chi connectivity index (χ2n) is 7.13. The molecule has 3 rings (SSSR count). The molecule has 0 saturated carbocycles. The van der Waals surface area contributed by atoms with Crippen molar-refractivity contribution in [1.82, 2.24) is 20.4 Å². The number of hydrogen-bond donors (Lipinski definition) is 2. The number of ether oxygens (including phenoxy) is 2. The molecule has 0 spiro atoms. The summed E-state index contributed by atoms with van der Waals surface area (Å²) in [6.45, 7) is 13.2. The Labute approximate surface area is 173 Å². The standard InChI is InChI=1S/C20H35N5O2S/c1-2-21-20(22-6-4-7-24-8-12-26-13-9-24)23-17-18(19-5-3-16-28-19)25-10-14-27-15-11-25/h3,5,16,18H,2,4,6-15,17H2,1H3,(H2,21,22,23). The van der Waals surface area contributed by atoms with Crippen LogP contribution >= 0.6 is 11.3 Å². The molecule has 2 aliphatic heterocycles. The van der Waals surface area contributed by atoms with Crippen molar-refractivity contribution in [2.75, 3.05) is 78.8 Å². The average molecular weight is 410 g/mol. The molecule has 1 unspecified atom stereocenters. The zero-order valence-electron chi connectivity index (χ0n) is 17.1. The van der Waals surface area contributed by atoms with Crippen LogP contribution in [-0.4, -0.2) is 94.5 Å². The SMILES string of the molecule is CCNC(=NCC(c1cccs1)N1CCOCC1)NCCCN1CCOCC1. The zero-order valence-corrected chi connectivity index (χ0v) is 17.9. The smallest absolute Gasteiger partial charge is 0.191 e. The lowest BCUT2D eigenvalue weighted by Crippen LogP contribution is -2.42. The lowest BCUT2D eigenvalue weighted by Gasteiger charge is -2.33. The molecular weight excluding hydrogens is 374 g/mol. The van der Waals surface area contributed by atoms with Gasteiger partial charge in [-0.2, -0.15) is 0 Å². The summed E-state index contributed by atoms with van der Waals surface area (Å²) in [4.78, 5) is 11.3. The lowest BCUT2D eigenvalue weighted by atomic mass is 10.2.